The molecular weight excluding hydrogens is 462 g/mol. The monoisotopic (exact) mass is 497 g/mol. The predicted octanol–water partition coefficient (Wildman–Crippen LogP) is 6.81. The Balaban J connectivity index is 1.70. The second-order valence-corrected chi connectivity index (χ2v) is 9.85. The number of aryl methyl sites for hydroxylation is 1. The minimum Gasteiger partial charge on any atom is -0.491 e. The second-order valence-electron chi connectivity index (χ2n) is 8.85. The number of imide groups is 1. The molecule has 1 saturated heterocycles. The summed E-state index contributed by atoms with van der Waals surface area (Å²) in [7, 11) is 0. The molecule has 0 N–H and O–H groups in total. The molecule has 1 fully saturated rings. The van der Waals surface area contributed by atoms with Crippen LogP contribution in [0.15, 0.2) is 41.3 Å². The number of carbonyl (C=O) groups is 2. The van der Waals surface area contributed by atoms with Gasteiger partial charge in [-0.15, -0.1) is 0 Å². The fourth-order valence-electron chi connectivity index (χ4n) is 3.61. The van der Waals surface area contributed by atoms with Gasteiger partial charge in [-0.1, -0.05) is 39.0 Å². The first kappa shape index (κ1) is 26.7. The molecule has 0 saturated carbocycles. The van der Waals surface area contributed by atoms with Crippen LogP contribution in [-0.4, -0.2) is 41.9 Å². The topological polar surface area (TPSA) is 65.1 Å². The lowest BCUT2D eigenvalue weighted by Gasteiger charge is -2.17. The van der Waals surface area contributed by atoms with Crippen LogP contribution in [0.2, 0.25) is 0 Å². The van der Waals surface area contributed by atoms with E-state index in [-0.39, 0.29) is 30.4 Å². The molecule has 2 aromatic rings. The molecule has 3 rings (SSSR count). The Kier molecular flexibility index (Phi) is 9.26. The lowest BCUT2D eigenvalue weighted by Crippen LogP contribution is -2.32. The van der Waals surface area contributed by atoms with E-state index in [1.165, 1.54) is 4.90 Å². The molecule has 1 heterocycles. The maximum absolute atomic E-state index is 13.0. The summed E-state index contributed by atoms with van der Waals surface area (Å²) in [6.07, 6.45) is 2.67. The first-order valence-corrected chi connectivity index (χ1v) is 13.0. The number of ether oxygens (including phenoxy) is 3. The van der Waals surface area contributed by atoms with Crippen LogP contribution < -0.4 is 14.2 Å². The number of hydrogen-bond donors (Lipinski definition) is 0. The number of benzene rings is 2. The zero-order valence-corrected chi connectivity index (χ0v) is 22.2. The van der Waals surface area contributed by atoms with Gasteiger partial charge >= 0.3 is 0 Å². The fourth-order valence-corrected chi connectivity index (χ4v) is 4.48. The minimum absolute atomic E-state index is 0.0650. The lowest BCUT2D eigenvalue weighted by molar-refractivity contribution is -0.123. The molecule has 0 spiro atoms. The van der Waals surface area contributed by atoms with E-state index in [9.17, 15) is 9.59 Å². The van der Waals surface area contributed by atoms with Gasteiger partial charge in [0.2, 0.25) is 0 Å². The molecule has 2 aromatic carbocycles. The number of rotatable bonds is 11. The third-order valence-electron chi connectivity index (χ3n) is 5.71. The maximum Gasteiger partial charge on any atom is 0.293 e. The van der Waals surface area contributed by atoms with Crippen LogP contribution in [0.4, 0.5) is 4.79 Å². The van der Waals surface area contributed by atoms with E-state index in [0.29, 0.717) is 28.9 Å². The molecular formula is C28H35NO5S. The van der Waals surface area contributed by atoms with Crippen molar-refractivity contribution in [3.63, 3.8) is 0 Å². The third kappa shape index (κ3) is 6.82. The van der Waals surface area contributed by atoms with Gasteiger partial charge in [0, 0.05) is 0 Å². The highest BCUT2D eigenvalue weighted by molar-refractivity contribution is 8.18. The van der Waals surface area contributed by atoms with Gasteiger partial charge in [0.15, 0.2) is 11.5 Å². The number of amides is 2. The molecule has 7 heteroatoms. The van der Waals surface area contributed by atoms with Gasteiger partial charge in [-0.25, -0.2) is 0 Å². The maximum atomic E-state index is 13.0. The van der Waals surface area contributed by atoms with Gasteiger partial charge in [-0.05, 0) is 85.8 Å². The standard InChI is InChI=1S/C28H35NO5S/c1-7-20(6)34-23-12-10-21(16-25(23)32-8-2)17-26-27(30)29(28(31)35-26)13-14-33-24-15-19(5)9-11-22(24)18(3)4/h9-12,15-18,20H,7-8,13-14H2,1-6H3/b26-17-. The summed E-state index contributed by atoms with van der Waals surface area (Å²) in [5.74, 6) is 2.09. The zero-order chi connectivity index (χ0) is 25.5. The molecule has 0 radical (unpaired) electrons. The SMILES string of the molecule is CCOc1cc(/C=C2\SC(=O)N(CCOc3cc(C)ccc3C(C)C)C2=O)ccc1OC(C)CC. The van der Waals surface area contributed by atoms with E-state index in [4.69, 9.17) is 14.2 Å². The van der Waals surface area contributed by atoms with Gasteiger partial charge in [0.1, 0.15) is 12.4 Å². The molecule has 2 amide bonds. The van der Waals surface area contributed by atoms with E-state index in [1.54, 1.807) is 6.08 Å². The summed E-state index contributed by atoms with van der Waals surface area (Å²) >= 11 is 0.942. The van der Waals surface area contributed by atoms with Crippen LogP contribution in [-0.2, 0) is 4.79 Å². The third-order valence-corrected chi connectivity index (χ3v) is 6.61. The minimum atomic E-state index is -0.310. The van der Waals surface area contributed by atoms with Crippen LogP contribution in [0, 0.1) is 6.92 Å². The molecule has 0 bridgehead atoms. The highest BCUT2D eigenvalue weighted by Gasteiger charge is 2.35. The van der Waals surface area contributed by atoms with Gasteiger partial charge in [-0.3, -0.25) is 14.5 Å². The fraction of sp³-hybridized carbons (Fsp3) is 0.429. The summed E-state index contributed by atoms with van der Waals surface area (Å²) < 4.78 is 17.7. The Bertz CT molecular complexity index is 1090. The average molecular weight is 498 g/mol. The summed E-state index contributed by atoms with van der Waals surface area (Å²) in [5.41, 5.74) is 2.98. The van der Waals surface area contributed by atoms with Crippen molar-refractivity contribution in [2.75, 3.05) is 19.8 Å². The number of carbonyl (C=O) groups excluding carboxylic acids is 2. The van der Waals surface area contributed by atoms with Crippen LogP contribution in [0.25, 0.3) is 6.08 Å². The lowest BCUT2D eigenvalue weighted by atomic mass is 10.0. The Morgan fingerprint density at radius 3 is 2.43 bits per heavy atom. The van der Waals surface area contributed by atoms with Crippen molar-refractivity contribution < 1.29 is 23.8 Å². The van der Waals surface area contributed by atoms with Crippen molar-refractivity contribution in [3.8, 4) is 17.2 Å². The molecule has 1 aliphatic heterocycles. The largest absolute Gasteiger partial charge is 0.491 e. The van der Waals surface area contributed by atoms with Crippen molar-refractivity contribution in [1.82, 2.24) is 4.90 Å². The number of hydrogen-bond acceptors (Lipinski definition) is 6. The molecule has 0 aliphatic carbocycles. The van der Waals surface area contributed by atoms with Crippen LogP contribution >= 0.6 is 11.8 Å². The first-order chi connectivity index (χ1) is 16.7. The Labute approximate surface area is 212 Å². The highest BCUT2D eigenvalue weighted by Crippen LogP contribution is 2.35. The van der Waals surface area contributed by atoms with Crippen molar-refractivity contribution in [3.05, 3.63) is 58.0 Å². The van der Waals surface area contributed by atoms with E-state index >= 15 is 0 Å². The molecule has 188 valence electrons. The molecule has 0 aromatic heterocycles. The van der Waals surface area contributed by atoms with Gasteiger partial charge in [0.05, 0.1) is 24.2 Å². The molecule has 35 heavy (non-hydrogen) atoms. The normalized spacial score (nSPS) is 15.7. The van der Waals surface area contributed by atoms with Crippen LogP contribution in [0.3, 0.4) is 0 Å². The summed E-state index contributed by atoms with van der Waals surface area (Å²) in [6.45, 7) is 13.1. The van der Waals surface area contributed by atoms with Gasteiger partial charge in [0.25, 0.3) is 11.1 Å². The summed E-state index contributed by atoms with van der Waals surface area (Å²) in [4.78, 5) is 27.1. The Morgan fingerprint density at radius 2 is 1.74 bits per heavy atom. The Hall–Kier alpha value is -2.93. The molecule has 1 unspecified atom stereocenters. The van der Waals surface area contributed by atoms with E-state index in [2.05, 4.69) is 32.9 Å². The highest BCUT2D eigenvalue weighted by atomic mass is 32.2. The first-order valence-electron chi connectivity index (χ1n) is 12.2. The smallest absolute Gasteiger partial charge is 0.293 e. The predicted molar refractivity (Wildman–Crippen MR) is 141 cm³/mol. The Morgan fingerprint density at radius 1 is 0.971 bits per heavy atom. The zero-order valence-electron chi connectivity index (χ0n) is 21.4. The summed E-state index contributed by atoms with van der Waals surface area (Å²) in [5, 5.41) is -0.292. The molecule has 1 aliphatic rings. The van der Waals surface area contributed by atoms with Crippen molar-refractivity contribution in [1.29, 1.82) is 0 Å². The number of thioether (sulfide) groups is 1. The van der Waals surface area contributed by atoms with E-state index < -0.39 is 0 Å². The second kappa shape index (κ2) is 12.2. The van der Waals surface area contributed by atoms with E-state index in [0.717, 1.165) is 40.6 Å². The average Bonchev–Trinajstić information content (AvgIpc) is 3.08. The van der Waals surface area contributed by atoms with E-state index in [1.807, 2.05) is 45.0 Å². The summed E-state index contributed by atoms with van der Waals surface area (Å²) in [6, 6.07) is 11.7. The van der Waals surface area contributed by atoms with Crippen LogP contribution in [0.5, 0.6) is 17.2 Å². The van der Waals surface area contributed by atoms with Gasteiger partial charge < -0.3 is 14.2 Å². The quantitative estimate of drug-likeness (QED) is 0.318. The van der Waals surface area contributed by atoms with Crippen molar-refractivity contribution in [2.45, 2.75) is 60.0 Å². The molecule has 1 atom stereocenters. The van der Waals surface area contributed by atoms with Crippen LogP contribution in [0.1, 0.15) is 63.6 Å². The van der Waals surface area contributed by atoms with Crippen molar-refractivity contribution >= 4 is 29.0 Å². The van der Waals surface area contributed by atoms with Crippen molar-refractivity contribution in [2.24, 2.45) is 0 Å². The molecule has 6 nitrogen and oxygen atoms in total. The van der Waals surface area contributed by atoms with Gasteiger partial charge in [-0.2, -0.15) is 0 Å². The number of nitrogens with zero attached hydrogens (tertiary/aromatic N) is 1.